The number of aliphatic hydroxyl groups excluding tert-OH is 1. The first-order chi connectivity index (χ1) is 12.5. The molecule has 0 bridgehead atoms. The highest BCUT2D eigenvalue weighted by molar-refractivity contribution is 5.75. The maximum Gasteiger partial charge on any atom is 0.137 e. The van der Waals surface area contributed by atoms with Crippen LogP contribution in [0.25, 0.3) is 0 Å². The second-order valence-corrected chi connectivity index (χ2v) is 6.24. The van der Waals surface area contributed by atoms with Crippen LogP contribution in [0, 0.1) is 5.41 Å². The summed E-state index contributed by atoms with van der Waals surface area (Å²) >= 11 is 0. The Kier molecular flexibility index (Phi) is 10.6. The van der Waals surface area contributed by atoms with Crippen LogP contribution < -0.4 is 5.32 Å². The zero-order chi connectivity index (χ0) is 19.4. The van der Waals surface area contributed by atoms with E-state index in [2.05, 4.69) is 12.2 Å². The number of rotatable bonds is 12. The maximum absolute atomic E-state index is 14.3. The number of halogens is 1. The van der Waals surface area contributed by atoms with Gasteiger partial charge in [0.05, 0.1) is 12.8 Å². The van der Waals surface area contributed by atoms with Gasteiger partial charge >= 0.3 is 0 Å². The average Bonchev–Trinajstić information content (AvgIpc) is 2.64. The van der Waals surface area contributed by atoms with Crippen LogP contribution in [0.5, 0.6) is 0 Å². The number of nitrogens with one attached hydrogen (secondary N) is 2. The van der Waals surface area contributed by atoms with Crippen molar-refractivity contribution >= 4 is 6.21 Å². The summed E-state index contributed by atoms with van der Waals surface area (Å²) in [5.41, 5.74) is 1.09. The summed E-state index contributed by atoms with van der Waals surface area (Å²) in [5.74, 6) is 0.451. The molecule has 1 aliphatic carbocycles. The van der Waals surface area contributed by atoms with Gasteiger partial charge in [-0.2, -0.15) is 0 Å². The molecule has 0 aliphatic heterocycles. The largest absolute Gasteiger partial charge is 0.497 e. The van der Waals surface area contributed by atoms with Crippen molar-refractivity contribution in [1.82, 2.24) is 10.2 Å². The highest BCUT2D eigenvalue weighted by Gasteiger charge is 2.21. The number of unbranched alkanes of at least 4 members (excludes halogenated alkanes) is 1. The van der Waals surface area contributed by atoms with Gasteiger partial charge < -0.3 is 20.6 Å². The second-order valence-electron chi connectivity index (χ2n) is 6.24. The first kappa shape index (κ1) is 22.1. The third kappa shape index (κ3) is 7.54. The summed E-state index contributed by atoms with van der Waals surface area (Å²) < 4.78 is 19.6. The lowest BCUT2D eigenvalue weighted by Gasteiger charge is -2.28. The van der Waals surface area contributed by atoms with Crippen molar-refractivity contribution in [3.05, 3.63) is 47.2 Å². The zero-order valence-electron chi connectivity index (χ0n) is 16.1. The molecule has 0 amide bonds. The lowest BCUT2D eigenvalue weighted by atomic mass is 10.0. The number of hydrogen-bond donors (Lipinski definition) is 3. The van der Waals surface area contributed by atoms with Crippen molar-refractivity contribution in [1.29, 1.82) is 5.41 Å². The third-order valence-electron chi connectivity index (χ3n) is 4.14. The van der Waals surface area contributed by atoms with E-state index >= 15 is 0 Å². The van der Waals surface area contributed by atoms with Crippen LogP contribution in [-0.2, 0) is 4.74 Å². The molecule has 1 unspecified atom stereocenters. The van der Waals surface area contributed by atoms with Gasteiger partial charge in [0.1, 0.15) is 17.8 Å². The van der Waals surface area contributed by atoms with Crippen molar-refractivity contribution in [3.8, 4) is 0 Å². The van der Waals surface area contributed by atoms with Crippen LogP contribution in [-0.4, -0.2) is 49.2 Å². The molecule has 0 fully saturated rings. The van der Waals surface area contributed by atoms with Crippen molar-refractivity contribution < 1.29 is 14.2 Å². The highest BCUT2D eigenvalue weighted by atomic mass is 19.1. The van der Waals surface area contributed by atoms with Gasteiger partial charge in [-0.05, 0) is 38.5 Å². The minimum Gasteiger partial charge on any atom is -0.497 e. The molecular weight excluding hydrogens is 333 g/mol. The lowest BCUT2D eigenvalue weighted by molar-refractivity contribution is 0.0972. The van der Waals surface area contributed by atoms with E-state index in [0.717, 1.165) is 25.6 Å². The molecule has 0 saturated heterocycles. The van der Waals surface area contributed by atoms with Gasteiger partial charge in [0, 0.05) is 31.3 Å². The molecule has 0 spiro atoms. The first-order valence-electron chi connectivity index (χ1n) is 9.18. The fourth-order valence-electron chi connectivity index (χ4n) is 2.77. The van der Waals surface area contributed by atoms with Gasteiger partial charge in [-0.15, -0.1) is 0 Å². The van der Waals surface area contributed by atoms with Crippen LogP contribution >= 0.6 is 0 Å². The predicted molar refractivity (Wildman–Crippen MR) is 105 cm³/mol. The van der Waals surface area contributed by atoms with Crippen molar-refractivity contribution in [2.24, 2.45) is 0 Å². The molecule has 5 nitrogen and oxygen atoms in total. The summed E-state index contributed by atoms with van der Waals surface area (Å²) in [6.07, 6.45) is 10.6. The number of nitrogens with zero attached hydrogens (tertiary/aromatic N) is 1. The Balaban J connectivity index is 2.80. The molecule has 26 heavy (non-hydrogen) atoms. The molecule has 0 heterocycles. The van der Waals surface area contributed by atoms with E-state index in [0.29, 0.717) is 43.0 Å². The average molecular weight is 365 g/mol. The van der Waals surface area contributed by atoms with Crippen LogP contribution in [0.3, 0.4) is 0 Å². The highest BCUT2D eigenvalue weighted by Crippen LogP contribution is 2.27. The van der Waals surface area contributed by atoms with Gasteiger partial charge in [-0.25, -0.2) is 4.39 Å². The summed E-state index contributed by atoms with van der Waals surface area (Å²) in [4.78, 5) is 2.02. The molecule has 1 atom stereocenters. The van der Waals surface area contributed by atoms with Crippen molar-refractivity contribution in [3.63, 3.8) is 0 Å². The Labute approximate surface area is 156 Å². The zero-order valence-corrected chi connectivity index (χ0v) is 16.1. The molecule has 1 aliphatic rings. The van der Waals surface area contributed by atoms with E-state index in [1.165, 1.54) is 0 Å². The first-order valence-corrected chi connectivity index (χ1v) is 9.18. The standard InChI is InChI=1S/C20H32FN3O2/c1-4-6-9-16(13-22)23-20(25)15-24(12-7-5-2)14-17-18(21)10-8-11-19(17)26-3/h4,6,9,11,13,20,22-23,25H,5,7-8,10,12,14-15H2,1-3H3/b6-4+,16-9+,22-13?. The van der Waals surface area contributed by atoms with E-state index in [1.54, 1.807) is 19.3 Å². The number of methoxy groups -OCH3 is 1. The van der Waals surface area contributed by atoms with Crippen LogP contribution in [0.4, 0.5) is 4.39 Å². The topological polar surface area (TPSA) is 68.6 Å². The molecule has 0 radical (unpaired) electrons. The van der Waals surface area contributed by atoms with E-state index in [1.807, 2.05) is 24.0 Å². The number of allylic oxidation sites excluding steroid dienone is 6. The fourth-order valence-corrected chi connectivity index (χ4v) is 2.77. The number of aliphatic hydroxyl groups is 1. The molecule has 0 aromatic rings. The molecule has 3 N–H and O–H groups in total. The fraction of sp³-hybridized carbons (Fsp3) is 0.550. The van der Waals surface area contributed by atoms with Crippen LogP contribution in [0.15, 0.2) is 47.2 Å². The smallest absolute Gasteiger partial charge is 0.137 e. The van der Waals surface area contributed by atoms with Crippen LogP contribution in [0.2, 0.25) is 0 Å². The minimum absolute atomic E-state index is 0.138. The summed E-state index contributed by atoms with van der Waals surface area (Å²) in [5, 5.41) is 20.7. The molecule has 6 heteroatoms. The second kappa shape index (κ2) is 12.4. The quantitative estimate of drug-likeness (QED) is 0.280. The summed E-state index contributed by atoms with van der Waals surface area (Å²) in [6, 6.07) is 0. The van der Waals surface area contributed by atoms with Gasteiger partial charge in [0.15, 0.2) is 0 Å². The van der Waals surface area contributed by atoms with Gasteiger partial charge in [-0.3, -0.25) is 4.90 Å². The molecular formula is C20H32FN3O2. The van der Waals surface area contributed by atoms with Gasteiger partial charge in [0.2, 0.25) is 0 Å². The number of ether oxygens (including phenoxy) is 1. The summed E-state index contributed by atoms with van der Waals surface area (Å²) in [6.45, 7) is 5.45. The molecule has 146 valence electrons. The van der Waals surface area contributed by atoms with E-state index in [4.69, 9.17) is 10.1 Å². The molecule has 0 saturated carbocycles. The number of hydrogen-bond acceptors (Lipinski definition) is 5. The van der Waals surface area contributed by atoms with Gasteiger partial charge in [-0.1, -0.05) is 25.5 Å². The lowest BCUT2D eigenvalue weighted by Crippen LogP contribution is -2.42. The monoisotopic (exact) mass is 365 g/mol. The Morgan fingerprint density at radius 3 is 2.92 bits per heavy atom. The molecule has 0 aromatic carbocycles. The van der Waals surface area contributed by atoms with E-state index < -0.39 is 6.23 Å². The SMILES string of the molecule is C/C=C/C=C(\C=N)NC(O)CN(CCCC)CC1=C(F)CCC=C1OC. The van der Waals surface area contributed by atoms with Crippen molar-refractivity contribution in [2.45, 2.75) is 45.8 Å². The maximum atomic E-state index is 14.3. The minimum atomic E-state index is -0.854. The Morgan fingerprint density at radius 1 is 1.54 bits per heavy atom. The van der Waals surface area contributed by atoms with Gasteiger partial charge in [0.25, 0.3) is 0 Å². The summed E-state index contributed by atoms with van der Waals surface area (Å²) in [7, 11) is 1.56. The molecule has 1 rings (SSSR count). The third-order valence-corrected chi connectivity index (χ3v) is 4.14. The van der Waals surface area contributed by atoms with Crippen molar-refractivity contribution in [2.75, 3.05) is 26.7 Å². The molecule has 0 aromatic heterocycles. The normalized spacial score (nSPS) is 16.8. The predicted octanol–water partition coefficient (Wildman–Crippen LogP) is 3.65. The van der Waals surface area contributed by atoms with E-state index in [9.17, 15) is 9.50 Å². The van der Waals surface area contributed by atoms with E-state index in [-0.39, 0.29) is 5.83 Å². The Bertz CT molecular complexity index is 567. The Hall–Kier alpha value is -1.92. The Morgan fingerprint density at radius 2 is 2.31 bits per heavy atom. The van der Waals surface area contributed by atoms with Crippen LogP contribution in [0.1, 0.15) is 39.5 Å².